The topological polar surface area (TPSA) is 23.5 Å². The van der Waals surface area contributed by atoms with Gasteiger partial charge in [-0.05, 0) is 33.9 Å². The third-order valence-corrected chi connectivity index (χ3v) is 2.77. The minimum absolute atomic E-state index is 0.0633. The van der Waals surface area contributed by atoms with E-state index in [4.69, 9.17) is 5.11 Å². The third kappa shape index (κ3) is 5.27. The van der Waals surface area contributed by atoms with Crippen molar-refractivity contribution < 1.29 is 5.11 Å². The molecule has 0 aliphatic heterocycles. The summed E-state index contributed by atoms with van der Waals surface area (Å²) in [5, 5.41) is 9.13. The number of hydrogen-bond donors (Lipinski definition) is 1. The maximum atomic E-state index is 9.13. The Hall–Kier alpha value is -0.0800. The molecule has 0 rings (SSSR count). The summed E-state index contributed by atoms with van der Waals surface area (Å²) in [5.74, 6) is 0. The first-order chi connectivity index (χ1) is 6.04. The monoisotopic (exact) mass is 187 g/mol. The molecule has 2 heteroatoms. The van der Waals surface area contributed by atoms with Crippen molar-refractivity contribution in [1.29, 1.82) is 0 Å². The highest BCUT2D eigenvalue weighted by Crippen LogP contribution is 2.12. The molecule has 0 spiro atoms. The fraction of sp³-hybridized carbons (Fsp3) is 1.00. The summed E-state index contributed by atoms with van der Waals surface area (Å²) in [6.07, 6.45) is 5.16. The minimum atomic E-state index is -0.0633. The standard InChI is InChI=1S/C11H25NO/c1-5-6-7-8-9-12(4)11(2,3)10-13/h13H,5-10H2,1-4H3. The molecule has 0 bridgehead atoms. The first-order valence-electron chi connectivity index (χ1n) is 5.36. The molecule has 0 saturated heterocycles. The van der Waals surface area contributed by atoms with Crippen LogP contribution in [-0.4, -0.2) is 35.7 Å². The Morgan fingerprint density at radius 2 is 1.77 bits per heavy atom. The highest BCUT2D eigenvalue weighted by Gasteiger charge is 2.21. The third-order valence-electron chi connectivity index (χ3n) is 2.77. The Morgan fingerprint density at radius 3 is 2.23 bits per heavy atom. The molecule has 0 saturated carbocycles. The Morgan fingerprint density at radius 1 is 1.15 bits per heavy atom. The van der Waals surface area contributed by atoms with Gasteiger partial charge in [0.2, 0.25) is 0 Å². The van der Waals surface area contributed by atoms with Gasteiger partial charge in [-0.3, -0.25) is 4.90 Å². The van der Waals surface area contributed by atoms with E-state index in [9.17, 15) is 0 Å². The largest absolute Gasteiger partial charge is 0.394 e. The quantitative estimate of drug-likeness (QED) is 0.618. The van der Waals surface area contributed by atoms with Crippen LogP contribution in [-0.2, 0) is 0 Å². The summed E-state index contributed by atoms with van der Waals surface area (Å²) in [6, 6.07) is 0. The van der Waals surface area contributed by atoms with Gasteiger partial charge >= 0.3 is 0 Å². The van der Waals surface area contributed by atoms with Crippen molar-refractivity contribution >= 4 is 0 Å². The van der Waals surface area contributed by atoms with Crippen LogP contribution in [0.1, 0.15) is 46.5 Å². The number of aliphatic hydroxyl groups is 1. The average molecular weight is 187 g/mol. The summed E-state index contributed by atoms with van der Waals surface area (Å²) in [4.78, 5) is 2.24. The summed E-state index contributed by atoms with van der Waals surface area (Å²) in [7, 11) is 2.09. The van der Waals surface area contributed by atoms with Crippen LogP contribution < -0.4 is 0 Å². The first-order valence-corrected chi connectivity index (χ1v) is 5.36. The second kappa shape index (κ2) is 6.39. The SMILES string of the molecule is CCCCCCN(C)C(C)(C)CO. The van der Waals surface area contributed by atoms with Crippen LogP contribution in [0.4, 0.5) is 0 Å². The van der Waals surface area contributed by atoms with Crippen LogP contribution in [0.25, 0.3) is 0 Å². The molecule has 0 atom stereocenters. The molecule has 1 N–H and O–H groups in total. The summed E-state index contributed by atoms with van der Waals surface area (Å²) in [6.45, 7) is 7.70. The number of nitrogens with zero attached hydrogens (tertiary/aromatic N) is 1. The van der Waals surface area contributed by atoms with Gasteiger partial charge in [-0.15, -0.1) is 0 Å². The van der Waals surface area contributed by atoms with E-state index in [1.165, 1.54) is 25.7 Å². The Bertz CT molecular complexity index is 123. The van der Waals surface area contributed by atoms with Crippen molar-refractivity contribution in [1.82, 2.24) is 4.90 Å². The lowest BCUT2D eigenvalue weighted by molar-refractivity contribution is 0.0777. The molecule has 0 aromatic rings. The van der Waals surface area contributed by atoms with E-state index < -0.39 is 0 Å². The zero-order valence-corrected chi connectivity index (χ0v) is 9.64. The van der Waals surface area contributed by atoms with Gasteiger partial charge in [-0.2, -0.15) is 0 Å². The lowest BCUT2D eigenvalue weighted by Crippen LogP contribution is -2.44. The molecule has 13 heavy (non-hydrogen) atoms. The second-order valence-corrected chi connectivity index (χ2v) is 4.45. The molecule has 0 aliphatic carbocycles. The van der Waals surface area contributed by atoms with Crippen LogP contribution in [0.5, 0.6) is 0 Å². The van der Waals surface area contributed by atoms with Crippen LogP contribution >= 0.6 is 0 Å². The van der Waals surface area contributed by atoms with Crippen molar-refractivity contribution in [3.8, 4) is 0 Å². The second-order valence-electron chi connectivity index (χ2n) is 4.45. The molecule has 0 aromatic carbocycles. The van der Waals surface area contributed by atoms with E-state index in [-0.39, 0.29) is 12.1 Å². The molecule has 0 heterocycles. The van der Waals surface area contributed by atoms with Gasteiger partial charge in [0, 0.05) is 5.54 Å². The zero-order valence-electron chi connectivity index (χ0n) is 9.64. The average Bonchev–Trinajstić information content (AvgIpc) is 2.12. The van der Waals surface area contributed by atoms with Crippen molar-refractivity contribution in [3.05, 3.63) is 0 Å². The van der Waals surface area contributed by atoms with Gasteiger partial charge < -0.3 is 5.11 Å². The number of aliphatic hydroxyl groups excluding tert-OH is 1. The summed E-state index contributed by atoms with van der Waals surface area (Å²) >= 11 is 0. The molecule has 2 nitrogen and oxygen atoms in total. The van der Waals surface area contributed by atoms with Crippen molar-refractivity contribution in [2.24, 2.45) is 0 Å². The van der Waals surface area contributed by atoms with Crippen molar-refractivity contribution in [3.63, 3.8) is 0 Å². The Balaban J connectivity index is 3.55. The molecule has 80 valence electrons. The molecule has 0 fully saturated rings. The smallest absolute Gasteiger partial charge is 0.0609 e. The lowest BCUT2D eigenvalue weighted by Gasteiger charge is -2.33. The summed E-state index contributed by atoms with van der Waals surface area (Å²) in [5.41, 5.74) is -0.0633. The van der Waals surface area contributed by atoms with Gasteiger partial charge in [0.15, 0.2) is 0 Å². The van der Waals surface area contributed by atoms with Gasteiger partial charge in [-0.25, -0.2) is 0 Å². The van der Waals surface area contributed by atoms with Crippen molar-refractivity contribution in [2.75, 3.05) is 20.2 Å². The Kier molecular flexibility index (Phi) is 6.35. The van der Waals surface area contributed by atoms with Gasteiger partial charge in [0.05, 0.1) is 6.61 Å². The molecule has 0 aromatic heterocycles. The first kappa shape index (κ1) is 12.9. The van der Waals surface area contributed by atoms with E-state index in [2.05, 4.69) is 32.7 Å². The maximum Gasteiger partial charge on any atom is 0.0609 e. The fourth-order valence-corrected chi connectivity index (χ4v) is 1.20. The normalized spacial score (nSPS) is 12.5. The van der Waals surface area contributed by atoms with E-state index >= 15 is 0 Å². The van der Waals surface area contributed by atoms with Crippen LogP contribution in [0, 0.1) is 0 Å². The van der Waals surface area contributed by atoms with Crippen LogP contribution in [0.3, 0.4) is 0 Å². The van der Waals surface area contributed by atoms with E-state index in [0.29, 0.717) is 0 Å². The predicted octanol–water partition coefficient (Wildman–Crippen LogP) is 2.27. The Labute approximate surface area is 82.9 Å². The van der Waals surface area contributed by atoms with Crippen molar-refractivity contribution in [2.45, 2.75) is 52.0 Å². The highest BCUT2D eigenvalue weighted by atomic mass is 16.3. The number of hydrogen-bond acceptors (Lipinski definition) is 2. The fourth-order valence-electron chi connectivity index (χ4n) is 1.20. The number of likely N-dealkylation sites (N-methyl/N-ethyl adjacent to an activating group) is 1. The molecule has 0 amide bonds. The molecule has 0 aliphatic rings. The number of rotatable bonds is 7. The molecule has 0 unspecified atom stereocenters. The number of unbranched alkanes of at least 4 members (excludes halogenated alkanes) is 3. The lowest BCUT2D eigenvalue weighted by atomic mass is 10.0. The van der Waals surface area contributed by atoms with Gasteiger partial charge in [0.1, 0.15) is 0 Å². The van der Waals surface area contributed by atoms with Gasteiger partial charge in [-0.1, -0.05) is 26.2 Å². The zero-order chi connectivity index (χ0) is 10.3. The van der Waals surface area contributed by atoms with E-state index in [1.54, 1.807) is 0 Å². The molecule has 0 radical (unpaired) electrons. The molecular weight excluding hydrogens is 162 g/mol. The van der Waals surface area contributed by atoms with E-state index in [0.717, 1.165) is 6.54 Å². The maximum absolute atomic E-state index is 9.13. The predicted molar refractivity (Wildman–Crippen MR) is 57.9 cm³/mol. The van der Waals surface area contributed by atoms with E-state index in [1.807, 2.05) is 0 Å². The summed E-state index contributed by atoms with van der Waals surface area (Å²) < 4.78 is 0. The van der Waals surface area contributed by atoms with Crippen LogP contribution in [0.15, 0.2) is 0 Å². The minimum Gasteiger partial charge on any atom is -0.394 e. The molecular formula is C11H25NO. The highest BCUT2D eigenvalue weighted by molar-refractivity contribution is 4.77. The van der Waals surface area contributed by atoms with Gasteiger partial charge in [0.25, 0.3) is 0 Å². The van der Waals surface area contributed by atoms with Crippen LogP contribution in [0.2, 0.25) is 0 Å².